The molecular formula is C9H7N5O. The molecule has 74 valence electrons. The molecule has 0 bridgehead atoms. The number of phenolic OH excluding ortho intramolecular Hbond substituents is 1. The molecule has 0 amide bonds. The number of fused-ring (bicyclic) bond motifs is 3. The second-order valence-corrected chi connectivity index (χ2v) is 3.17. The summed E-state index contributed by atoms with van der Waals surface area (Å²) >= 11 is 0. The molecule has 2 aromatic heterocycles. The molecule has 0 unspecified atom stereocenters. The van der Waals surface area contributed by atoms with E-state index in [1.54, 1.807) is 28.9 Å². The van der Waals surface area contributed by atoms with Crippen LogP contribution in [0.2, 0.25) is 0 Å². The minimum atomic E-state index is -0.0580. The third-order valence-electron chi connectivity index (χ3n) is 2.26. The fourth-order valence-electron chi connectivity index (χ4n) is 1.51. The Morgan fingerprint density at radius 1 is 1.20 bits per heavy atom. The van der Waals surface area contributed by atoms with E-state index in [1.165, 1.54) is 0 Å². The third kappa shape index (κ3) is 0.954. The van der Waals surface area contributed by atoms with E-state index in [4.69, 9.17) is 5.73 Å². The fourth-order valence-corrected chi connectivity index (χ4v) is 1.51. The lowest BCUT2D eigenvalue weighted by molar-refractivity contribution is 0.482. The van der Waals surface area contributed by atoms with Gasteiger partial charge in [-0.3, -0.25) is 0 Å². The molecule has 15 heavy (non-hydrogen) atoms. The Hall–Kier alpha value is -2.37. The van der Waals surface area contributed by atoms with Crippen molar-refractivity contribution in [2.75, 3.05) is 5.73 Å². The lowest BCUT2D eigenvalue weighted by Gasteiger charge is -2.03. The van der Waals surface area contributed by atoms with Crippen LogP contribution >= 0.6 is 0 Å². The summed E-state index contributed by atoms with van der Waals surface area (Å²) in [6.07, 6.45) is 1.62. The monoisotopic (exact) mass is 201 g/mol. The normalized spacial score (nSPS) is 11.2. The zero-order chi connectivity index (χ0) is 10.4. The largest absolute Gasteiger partial charge is 0.504 e. The number of hydrogen-bond donors (Lipinski definition) is 2. The minimum absolute atomic E-state index is 0.0580. The second kappa shape index (κ2) is 2.57. The van der Waals surface area contributed by atoms with Crippen LogP contribution in [0.3, 0.4) is 0 Å². The van der Waals surface area contributed by atoms with E-state index in [1.807, 2.05) is 0 Å². The Morgan fingerprint density at radius 3 is 2.93 bits per heavy atom. The maximum atomic E-state index is 9.69. The van der Waals surface area contributed by atoms with E-state index in [-0.39, 0.29) is 11.4 Å². The summed E-state index contributed by atoms with van der Waals surface area (Å²) in [5.74, 6) is -0.0580. The highest BCUT2D eigenvalue weighted by Crippen LogP contribution is 2.28. The Labute approximate surface area is 84.0 Å². The van der Waals surface area contributed by atoms with Gasteiger partial charge >= 0.3 is 0 Å². The van der Waals surface area contributed by atoms with Gasteiger partial charge in [-0.1, -0.05) is 0 Å². The lowest BCUT2D eigenvalue weighted by atomic mass is 10.2. The molecule has 0 fully saturated rings. The number of rotatable bonds is 0. The van der Waals surface area contributed by atoms with Gasteiger partial charge in [-0.25, -0.2) is 4.52 Å². The molecule has 0 radical (unpaired) electrons. The molecular weight excluding hydrogens is 194 g/mol. The van der Waals surface area contributed by atoms with Crippen LogP contribution in [0.5, 0.6) is 5.75 Å². The molecule has 3 aromatic rings. The summed E-state index contributed by atoms with van der Waals surface area (Å²) in [6, 6.07) is 5.10. The van der Waals surface area contributed by atoms with Crippen LogP contribution in [0, 0.1) is 0 Å². The van der Waals surface area contributed by atoms with E-state index in [0.717, 1.165) is 0 Å². The molecule has 0 spiro atoms. The average Bonchev–Trinajstić information content (AvgIpc) is 2.71. The zero-order valence-electron chi connectivity index (χ0n) is 7.62. The van der Waals surface area contributed by atoms with E-state index >= 15 is 0 Å². The van der Waals surface area contributed by atoms with Crippen LogP contribution in [-0.4, -0.2) is 24.9 Å². The first-order valence-corrected chi connectivity index (χ1v) is 4.35. The van der Waals surface area contributed by atoms with Gasteiger partial charge in [0, 0.05) is 6.07 Å². The van der Waals surface area contributed by atoms with Crippen molar-refractivity contribution < 1.29 is 5.11 Å². The summed E-state index contributed by atoms with van der Waals surface area (Å²) in [4.78, 5) is 0. The molecule has 3 rings (SSSR count). The highest BCUT2D eigenvalue weighted by Gasteiger charge is 2.09. The quantitative estimate of drug-likeness (QED) is 0.410. The summed E-state index contributed by atoms with van der Waals surface area (Å²) in [5.41, 5.74) is 7.50. The predicted molar refractivity (Wildman–Crippen MR) is 54.4 cm³/mol. The molecule has 1 aromatic carbocycles. The molecule has 6 heteroatoms. The van der Waals surface area contributed by atoms with Gasteiger partial charge in [0.25, 0.3) is 0 Å². The molecule has 0 aliphatic carbocycles. The Balaban J connectivity index is 2.60. The van der Waals surface area contributed by atoms with Crippen LogP contribution in [0.4, 0.5) is 5.69 Å². The molecule has 0 aliphatic rings. The van der Waals surface area contributed by atoms with Crippen LogP contribution in [-0.2, 0) is 0 Å². The SMILES string of the molecule is Nc1ccc2c(nnc3ccnn32)c1O. The number of nitrogen functional groups attached to an aromatic ring is 1. The van der Waals surface area contributed by atoms with Crippen molar-refractivity contribution in [2.45, 2.75) is 0 Å². The van der Waals surface area contributed by atoms with Crippen LogP contribution in [0.15, 0.2) is 24.4 Å². The highest BCUT2D eigenvalue weighted by atomic mass is 16.3. The van der Waals surface area contributed by atoms with Crippen LogP contribution < -0.4 is 5.73 Å². The highest BCUT2D eigenvalue weighted by molar-refractivity contribution is 5.87. The predicted octanol–water partition coefficient (Wildman–Crippen LogP) is 0.565. The first-order valence-electron chi connectivity index (χ1n) is 4.35. The molecule has 6 nitrogen and oxygen atoms in total. The van der Waals surface area contributed by atoms with Crippen molar-refractivity contribution in [2.24, 2.45) is 0 Å². The van der Waals surface area contributed by atoms with E-state index in [9.17, 15) is 5.11 Å². The zero-order valence-corrected chi connectivity index (χ0v) is 7.62. The van der Waals surface area contributed by atoms with E-state index in [2.05, 4.69) is 15.3 Å². The Bertz CT molecular complexity index is 660. The van der Waals surface area contributed by atoms with Gasteiger partial charge in [0.1, 0.15) is 0 Å². The molecule has 0 atom stereocenters. The molecule has 3 N–H and O–H groups in total. The topological polar surface area (TPSA) is 89.3 Å². The standard InChI is InChI=1S/C9H7N5O/c10-5-1-2-6-8(9(5)15)13-12-7-3-4-11-14(6)7/h1-4,15H,10H2. The summed E-state index contributed by atoms with van der Waals surface area (Å²) < 4.78 is 1.60. The smallest absolute Gasteiger partial charge is 0.177 e. The third-order valence-corrected chi connectivity index (χ3v) is 2.26. The summed E-state index contributed by atoms with van der Waals surface area (Å²) in [6.45, 7) is 0. The average molecular weight is 201 g/mol. The van der Waals surface area contributed by atoms with Gasteiger partial charge in [-0.2, -0.15) is 5.10 Å². The van der Waals surface area contributed by atoms with Gasteiger partial charge in [0.2, 0.25) is 0 Å². The van der Waals surface area contributed by atoms with Crippen LogP contribution in [0.25, 0.3) is 16.7 Å². The number of nitrogens with zero attached hydrogens (tertiary/aromatic N) is 4. The van der Waals surface area contributed by atoms with Crippen molar-refractivity contribution in [3.63, 3.8) is 0 Å². The lowest BCUT2D eigenvalue weighted by Crippen LogP contribution is -1.97. The fraction of sp³-hybridized carbons (Fsp3) is 0. The minimum Gasteiger partial charge on any atom is -0.504 e. The van der Waals surface area contributed by atoms with E-state index in [0.29, 0.717) is 16.7 Å². The Kier molecular flexibility index (Phi) is 1.37. The molecule has 0 saturated heterocycles. The maximum absolute atomic E-state index is 9.69. The number of aromatic nitrogens is 4. The second-order valence-electron chi connectivity index (χ2n) is 3.17. The van der Waals surface area contributed by atoms with Crippen molar-refractivity contribution in [3.05, 3.63) is 24.4 Å². The maximum Gasteiger partial charge on any atom is 0.177 e. The van der Waals surface area contributed by atoms with Crippen LogP contribution in [0.1, 0.15) is 0 Å². The van der Waals surface area contributed by atoms with E-state index < -0.39 is 0 Å². The Morgan fingerprint density at radius 2 is 2.07 bits per heavy atom. The summed E-state index contributed by atoms with van der Waals surface area (Å²) in [7, 11) is 0. The van der Waals surface area contributed by atoms with Gasteiger partial charge in [0.15, 0.2) is 16.9 Å². The first-order chi connectivity index (χ1) is 7.27. The van der Waals surface area contributed by atoms with Gasteiger partial charge in [0.05, 0.1) is 17.4 Å². The number of hydrogen-bond acceptors (Lipinski definition) is 5. The molecule has 0 saturated carbocycles. The number of benzene rings is 1. The first kappa shape index (κ1) is 7.98. The molecule has 0 aliphatic heterocycles. The number of anilines is 1. The summed E-state index contributed by atoms with van der Waals surface area (Å²) in [5, 5.41) is 21.6. The van der Waals surface area contributed by atoms with Crippen molar-refractivity contribution in [3.8, 4) is 5.75 Å². The van der Waals surface area contributed by atoms with Gasteiger partial charge in [-0.05, 0) is 12.1 Å². The van der Waals surface area contributed by atoms with Crippen molar-refractivity contribution in [1.29, 1.82) is 0 Å². The van der Waals surface area contributed by atoms with Crippen molar-refractivity contribution in [1.82, 2.24) is 19.8 Å². The van der Waals surface area contributed by atoms with Gasteiger partial charge < -0.3 is 10.8 Å². The van der Waals surface area contributed by atoms with Crippen molar-refractivity contribution >= 4 is 22.4 Å². The number of phenols is 1. The molecule has 2 heterocycles. The number of nitrogens with two attached hydrogens (primary N) is 1. The number of aromatic hydroxyl groups is 1. The van der Waals surface area contributed by atoms with Gasteiger partial charge in [-0.15, -0.1) is 10.2 Å².